The topological polar surface area (TPSA) is 12.0 Å². The second kappa shape index (κ2) is 4.13. The predicted molar refractivity (Wildman–Crippen MR) is 71.9 cm³/mol. The Hall–Kier alpha value is -0.820. The van der Waals surface area contributed by atoms with Crippen molar-refractivity contribution in [1.82, 2.24) is 5.32 Å². The Morgan fingerprint density at radius 2 is 1.53 bits per heavy atom. The maximum absolute atomic E-state index is 3.73. The van der Waals surface area contributed by atoms with Crippen LogP contribution in [0.15, 0.2) is 30.3 Å². The molecule has 17 heavy (non-hydrogen) atoms. The van der Waals surface area contributed by atoms with Crippen molar-refractivity contribution in [3.05, 3.63) is 35.9 Å². The van der Waals surface area contributed by atoms with E-state index in [-0.39, 0.29) is 5.54 Å². The molecule has 1 spiro atoms. The average molecular weight is 229 g/mol. The maximum Gasteiger partial charge on any atom is 0.0489 e. The standard InChI is InChI=1S/C16H23N/c1-17-16(14-8-3-2-4-9-14)13-6-5-10-15(16)11-7-12-15/h2-4,8-9,17H,5-7,10-13H2,1H3/t16-/m1/s1. The van der Waals surface area contributed by atoms with Crippen LogP contribution in [-0.4, -0.2) is 7.05 Å². The summed E-state index contributed by atoms with van der Waals surface area (Å²) in [5.41, 5.74) is 2.33. The van der Waals surface area contributed by atoms with Gasteiger partial charge in [-0.2, -0.15) is 0 Å². The van der Waals surface area contributed by atoms with Crippen molar-refractivity contribution >= 4 is 0 Å². The summed E-state index contributed by atoms with van der Waals surface area (Å²) in [4.78, 5) is 0. The molecule has 0 bridgehead atoms. The van der Waals surface area contributed by atoms with Gasteiger partial charge in [0.15, 0.2) is 0 Å². The van der Waals surface area contributed by atoms with Gasteiger partial charge in [0.2, 0.25) is 0 Å². The molecule has 1 N–H and O–H groups in total. The molecular formula is C16H23N. The van der Waals surface area contributed by atoms with Crippen LogP contribution in [0, 0.1) is 5.41 Å². The summed E-state index contributed by atoms with van der Waals surface area (Å²) in [7, 11) is 2.17. The van der Waals surface area contributed by atoms with Gasteiger partial charge in [-0.15, -0.1) is 0 Å². The van der Waals surface area contributed by atoms with Crippen molar-refractivity contribution in [2.45, 2.75) is 50.5 Å². The zero-order chi connectivity index (χ0) is 11.8. The third-order valence-corrected chi connectivity index (χ3v) is 5.37. The Balaban J connectivity index is 2.05. The quantitative estimate of drug-likeness (QED) is 0.812. The van der Waals surface area contributed by atoms with Gasteiger partial charge in [0.05, 0.1) is 0 Å². The Morgan fingerprint density at radius 1 is 0.882 bits per heavy atom. The van der Waals surface area contributed by atoms with E-state index in [2.05, 4.69) is 42.7 Å². The SMILES string of the molecule is CN[C@@]1(c2ccccc2)CCCCC12CCC2. The van der Waals surface area contributed by atoms with E-state index in [1.165, 1.54) is 50.5 Å². The lowest BCUT2D eigenvalue weighted by Crippen LogP contribution is -2.59. The lowest BCUT2D eigenvalue weighted by molar-refractivity contribution is -0.0400. The van der Waals surface area contributed by atoms with Gasteiger partial charge in [-0.3, -0.25) is 0 Å². The summed E-state index contributed by atoms with van der Waals surface area (Å²) < 4.78 is 0. The zero-order valence-electron chi connectivity index (χ0n) is 10.8. The first-order valence-corrected chi connectivity index (χ1v) is 7.07. The molecule has 0 heterocycles. The summed E-state index contributed by atoms with van der Waals surface area (Å²) >= 11 is 0. The molecule has 3 rings (SSSR count). The van der Waals surface area contributed by atoms with Crippen LogP contribution in [0.5, 0.6) is 0 Å². The van der Waals surface area contributed by atoms with E-state index in [0.717, 1.165) is 0 Å². The van der Waals surface area contributed by atoms with Crippen molar-refractivity contribution in [3.63, 3.8) is 0 Å². The van der Waals surface area contributed by atoms with Gasteiger partial charge >= 0.3 is 0 Å². The number of nitrogens with one attached hydrogen (secondary N) is 1. The van der Waals surface area contributed by atoms with Gasteiger partial charge in [0.25, 0.3) is 0 Å². The van der Waals surface area contributed by atoms with E-state index in [0.29, 0.717) is 5.41 Å². The van der Waals surface area contributed by atoms with Gasteiger partial charge < -0.3 is 5.32 Å². The summed E-state index contributed by atoms with van der Waals surface area (Å²) in [6, 6.07) is 11.2. The summed E-state index contributed by atoms with van der Waals surface area (Å²) in [6.45, 7) is 0. The molecule has 0 aromatic heterocycles. The van der Waals surface area contributed by atoms with Crippen LogP contribution in [0.3, 0.4) is 0 Å². The highest BCUT2D eigenvalue weighted by atomic mass is 15.0. The van der Waals surface area contributed by atoms with Gasteiger partial charge in [-0.05, 0) is 43.7 Å². The average Bonchev–Trinajstić information content (AvgIpc) is 2.37. The third-order valence-electron chi connectivity index (χ3n) is 5.37. The first-order chi connectivity index (χ1) is 8.33. The summed E-state index contributed by atoms with van der Waals surface area (Å²) in [6.07, 6.45) is 9.80. The van der Waals surface area contributed by atoms with Crippen molar-refractivity contribution in [2.24, 2.45) is 5.41 Å². The van der Waals surface area contributed by atoms with Gasteiger partial charge in [0.1, 0.15) is 0 Å². The molecule has 92 valence electrons. The molecule has 0 radical (unpaired) electrons. The molecule has 2 aliphatic rings. The molecule has 2 saturated carbocycles. The lowest BCUT2D eigenvalue weighted by atomic mass is 9.49. The molecule has 0 amide bonds. The molecule has 0 aliphatic heterocycles. The normalized spacial score (nSPS) is 31.1. The molecule has 1 aromatic rings. The second-order valence-electron chi connectivity index (χ2n) is 5.86. The molecule has 2 fully saturated rings. The van der Waals surface area contributed by atoms with Gasteiger partial charge in [-0.25, -0.2) is 0 Å². The first-order valence-electron chi connectivity index (χ1n) is 7.07. The lowest BCUT2D eigenvalue weighted by Gasteiger charge is -2.59. The van der Waals surface area contributed by atoms with Crippen LogP contribution in [0.1, 0.15) is 50.5 Å². The minimum absolute atomic E-state index is 0.255. The van der Waals surface area contributed by atoms with Crippen molar-refractivity contribution in [1.29, 1.82) is 0 Å². The molecule has 2 aliphatic carbocycles. The second-order valence-corrected chi connectivity index (χ2v) is 5.86. The number of hydrogen-bond donors (Lipinski definition) is 1. The smallest absolute Gasteiger partial charge is 0.0489 e. The Bertz CT molecular complexity index is 380. The molecular weight excluding hydrogens is 206 g/mol. The summed E-state index contributed by atoms with van der Waals surface area (Å²) in [5, 5.41) is 3.73. The number of hydrogen-bond acceptors (Lipinski definition) is 1. The predicted octanol–water partition coefficient (Wildman–Crippen LogP) is 3.85. The van der Waals surface area contributed by atoms with Crippen molar-refractivity contribution in [3.8, 4) is 0 Å². The fourth-order valence-electron chi connectivity index (χ4n) is 4.32. The van der Waals surface area contributed by atoms with Gasteiger partial charge in [-0.1, -0.05) is 49.6 Å². The highest BCUT2D eigenvalue weighted by Crippen LogP contribution is 2.60. The van der Waals surface area contributed by atoms with Crippen LogP contribution < -0.4 is 5.32 Å². The molecule has 1 aromatic carbocycles. The minimum atomic E-state index is 0.255. The molecule has 1 nitrogen and oxygen atoms in total. The molecule has 1 heteroatoms. The van der Waals surface area contributed by atoms with E-state index < -0.39 is 0 Å². The monoisotopic (exact) mass is 229 g/mol. The Kier molecular flexibility index (Phi) is 2.74. The molecule has 0 unspecified atom stereocenters. The van der Waals surface area contributed by atoms with Gasteiger partial charge in [0, 0.05) is 5.54 Å². The third kappa shape index (κ3) is 1.48. The maximum atomic E-state index is 3.73. The highest BCUT2D eigenvalue weighted by molar-refractivity contribution is 5.30. The van der Waals surface area contributed by atoms with E-state index >= 15 is 0 Å². The van der Waals surface area contributed by atoms with E-state index in [1.807, 2.05) is 0 Å². The zero-order valence-corrected chi connectivity index (χ0v) is 10.8. The van der Waals surface area contributed by atoms with Crippen molar-refractivity contribution in [2.75, 3.05) is 7.05 Å². The largest absolute Gasteiger partial charge is 0.310 e. The number of benzene rings is 1. The van der Waals surface area contributed by atoms with E-state index in [9.17, 15) is 0 Å². The van der Waals surface area contributed by atoms with E-state index in [4.69, 9.17) is 0 Å². The van der Waals surface area contributed by atoms with E-state index in [1.54, 1.807) is 0 Å². The van der Waals surface area contributed by atoms with Crippen LogP contribution in [0.4, 0.5) is 0 Å². The highest BCUT2D eigenvalue weighted by Gasteiger charge is 2.55. The minimum Gasteiger partial charge on any atom is -0.310 e. The molecule has 0 saturated heterocycles. The van der Waals surface area contributed by atoms with Crippen LogP contribution in [0.2, 0.25) is 0 Å². The Labute approximate surface area is 105 Å². The fraction of sp³-hybridized carbons (Fsp3) is 0.625. The summed E-state index contributed by atoms with van der Waals surface area (Å²) in [5.74, 6) is 0. The van der Waals surface area contributed by atoms with Crippen LogP contribution in [-0.2, 0) is 5.54 Å². The first kappa shape index (κ1) is 11.3. The Morgan fingerprint density at radius 3 is 2.12 bits per heavy atom. The fourth-order valence-corrected chi connectivity index (χ4v) is 4.32. The van der Waals surface area contributed by atoms with Crippen LogP contribution in [0.25, 0.3) is 0 Å². The number of rotatable bonds is 2. The molecule has 1 atom stereocenters. The van der Waals surface area contributed by atoms with Crippen molar-refractivity contribution < 1.29 is 0 Å². The van der Waals surface area contributed by atoms with Crippen LogP contribution >= 0.6 is 0 Å².